The molecule has 2 N–H and O–H groups in total. The van der Waals surface area contributed by atoms with Gasteiger partial charge in [0.25, 0.3) is 0 Å². The fourth-order valence-electron chi connectivity index (χ4n) is 1.90. The Kier molecular flexibility index (Phi) is 3.04. The predicted octanol–water partition coefficient (Wildman–Crippen LogP) is 2.54. The van der Waals surface area contributed by atoms with Gasteiger partial charge in [0.1, 0.15) is 0 Å². The molecule has 1 aromatic rings. The van der Waals surface area contributed by atoms with Crippen LogP contribution < -0.4 is 5.32 Å². The summed E-state index contributed by atoms with van der Waals surface area (Å²) in [6.45, 7) is 0.114. The summed E-state index contributed by atoms with van der Waals surface area (Å²) in [6.07, 6.45) is 3.04. The molecule has 0 atom stereocenters. The molecule has 1 aliphatic carbocycles. The molecular formula is C12H13ClN2O. The Hall–Kier alpha value is -1.24. The molecule has 1 aromatic carbocycles. The highest BCUT2D eigenvalue weighted by Gasteiger charge is 2.36. The second kappa shape index (κ2) is 4.32. The number of nitrogens with zero attached hydrogens (tertiary/aromatic N) is 1. The normalized spacial score (nSPS) is 17.3. The summed E-state index contributed by atoms with van der Waals surface area (Å²) >= 11 is 6.06. The van der Waals surface area contributed by atoms with Crippen molar-refractivity contribution in [3.05, 3.63) is 28.8 Å². The summed E-state index contributed by atoms with van der Waals surface area (Å²) in [6, 6.07) is 7.18. The molecule has 0 spiro atoms. The van der Waals surface area contributed by atoms with E-state index >= 15 is 0 Å². The molecule has 16 heavy (non-hydrogen) atoms. The van der Waals surface area contributed by atoms with Gasteiger partial charge in [-0.15, -0.1) is 0 Å². The van der Waals surface area contributed by atoms with E-state index in [9.17, 15) is 5.11 Å². The Morgan fingerprint density at radius 2 is 2.25 bits per heavy atom. The van der Waals surface area contributed by atoms with E-state index in [1.54, 1.807) is 18.2 Å². The van der Waals surface area contributed by atoms with E-state index < -0.39 is 0 Å². The molecule has 0 bridgehead atoms. The van der Waals surface area contributed by atoms with Crippen LogP contribution in [0.1, 0.15) is 24.8 Å². The predicted molar refractivity (Wildman–Crippen MR) is 63.5 cm³/mol. The number of hydrogen-bond donors (Lipinski definition) is 2. The third-order valence-corrected chi connectivity index (χ3v) is 3.42. The molecule has 0 unspecified atom stereocenters. The van der Waals surface area contributed by atoms with E-state index in [4.69, 9.17) is 16.9 Å². The van der Waals surface area contributed by atoms with Crippen molar-refractivity contribution < 1.29 is 5.11 Å². The Balaban J connectivity index is 2.19. The Bertz CT molecular complexity index is 430. The minimum Gasteiger partial charge on any atom is -0.394 e. The minimum atomic E-state index is -0.211. The van der Waals surface area contributed by atoms with Crippen molar-refractivity contribution in [2.45, 2.75) is 24.8 Å². The van der Waals surface area contributed by atoms with Crippen molar-refractivity contribution >= 4 is 17.3 Å². The van der Waals surface area contributed by atoms with E-state index in [1.807, 2.05) is 6.07 Å². The Morgan fingerprint density at radius 1 is 1.50 bits per heavy atom. The van der Waals surface area contributed by atoms with E-state index in [-0.39, 0.29) is 12.1 Å². The molecule has 0 aromatic heterocycles. The van der Waals surface area contributed by atoms with Gasteiger partial charge in [-0.25, -0.2) is 0 Å². The van der Waals surface area contributed by atoms with Crippen molar-refractivity contribution in [3.8, 4) is 6.07 Å². The second-order valence-corrected chi connectivity index (χ2v) is 4.63. The molecular weight excluding hydrogens is 224 g/mol. The average Bonchev–Trinajstić information content (AvgIpc) is 2.25. The molecule has 0 heterocycles. The smallest absolute Gasteiger partial charge is 0.0992 e. The number of halogens is 1. The Morgan fingerprint density at radius 3 is 2.69 bits per heavy atom. The lowest BCUT2D eigenvalue weighted by molar-refractivity contribution is 0.144. The highest BCUT2D eigenvalue weighted by molar-refractivity contribution is 6.33. The van der Waals surface area contributed by atoms with Gasteiger partial charge in [0.05, 0.1) is 34.5 Å². The minimum absolute atomic E-state index is 0.114. The van der Waals surface area contributed by atoms with Crippen LogP contribution in [0.15, 0.2) is 18.2 Å². The maximum atomic E-state index is 9.33. The largest absolute Gasteiger partial charge is 0.394 e. The number of aliphatic hydroxyl groups excluding tert-OH is 1. The van der Waals surface area contributed by atoms with Gasteiger partial charge < -0.3 is 10.4 Å². The summed E-state index contributed by atoms with van der Waals surface area (Å²) in [7, 11) is 0. The van der Waals surface area contributed by atoms with Crippen molar-refractivity contribution in [3.63, 3.8) is 0 Å². The number of benzene rings is 1. The van der Waals surface area contributed by atoms with Crippen LogP contribution in [0.25, 0.3) is 0 Å². The zero-order valence-electron chi connectivity index (χ0n) is 8.83. The van der Waals surface area contributed by atoms with Gasteiger partial charge in [0, 0.05) is 0 Å². The lowest BCUT2D eigenvalue weighted by Crippen LogP contribution is -2.48. The van der Waals surface area contributed by atoms with Gasteiger partial charge in [-0.3, -0.25) is 0 Å². The standard InChI is InChI=1S/C12H13ClN2O/c13-10-6-9(7-14)2-3-11(10)15-12(8-16)4-1-5-12/h2-3,6,15-16H,1,4-5,8H2. The fourth-order valence-corrected chi connectivity index (χ4v) is 2.13. The molecule has 1 aliphatic rings. The number of nitriles is 1. The lowest BCUT2D eigenvalue weighted by atomic mass is 9.77. The quantitative estimate of drug-likeness (QED) is 0.848. The number of aliphatic hydroxyl groups is 1. The zero-order chi connectivity index (χ0) is 11.6. The van der Waals surface area contributed by atoms with Crippen LogP contribution in [0.4, 0.5) is 5.69 Å². The summed E-state index contributed by atoms with van der Waals surface area (Å²) in [4.78, 5) is 0. The van der Waals surface area contributed by atoms with Crippen LogP contribution in [0.5, 0.6) is 0 Å². The zero-order valence-corrected chi connectivity index (χ0v) is 9.59. The van der Waals surface area contributed by atoms with Gasteiger partial charge in [-0.2, -0.15) is 5.26 Å². The highest BCUT2D eigenvalue weighted by Crippen LogP contribution is 2.36. The summed E-state index contributed by atoms with van der Waals surface area (Å²) in [5, 5.41) is 21.8. The van der Waals surface area contributed by atoms with Crippen LogP contribution in [-0.4, -0.2) is 17.3 Å². The summed E-state index contributed by atoms with van der Waals surface area (Å²) < 4.78 is 0. The first kappa shape index (κ1) is 11.3. The van der Waals surface area contributed by atoms with E-state index in [0.717, 1.165) is 24.9 Å². The topological polar surface area (TPSA) is 56.0 Å². The second-order valence-electron chi connectivity index (χ2n) is 4.22. The molecule has 0 saturated heterocycles. The van der Waals surface area contributed by atoms with Crippen molar-refractivity contribution in [2.24, 2.45) is 0 Å². The van der Waals surface area contributed by atoms with Crippen LogP contribution in [0, 0.1) is 11.3 Å². The number of anilines is 1. The molecule has 2 rings (SSSR count). The van der Waals surface area contributed by atoms with Crippen LogP contribution in [0.2, 0.25) is 5.02 Å². The monoisotopic (exact) mass is 236 g/mol. The number of hydrogen-bond acceptors (Lipinski definition) is 3. The van der Waals surface area contributed by atoms with E-state index in [0.29, 0.717) is 10.6 Å². The van der Waals surface area contributed by atoms with Gasteiger partial charge >= 0.3 is 0 Å². The van der Waals surface area contributed by atoms with Gasteiger partial charge in [-0.05, 0) is 37.5 Å². The van der Waals surface area contributed by atoms with Crippen LogP contribution >= 0.6 is 11.6 Å². The average molecular weight is 237 g/mol. The maximum Gasteiger partial charge on any atom is 0.0992 e. The van der Waals surface area contributed by atoms with Crippen molar-refractivity contribution in [2.75, 3.05) is 11.9 Å². The molecule has 0 radical (unpaired) electrons. The Labute approximate surface area is 99.7 Å². The van der Waals surface area contributed by atoms with E-state index in [2.05, 4.69) is 5.32 Å². The third kappa shape index (κ3) is 1.99. The number of rotatable bonds is 3. The SMILES string of the molecule is N#Cc1ccc(NC2(CO)CCC2)c(Cl)c1. The molecule has 3 nitrogen and oxygen atoms in total. The molecule has 0 aliphatic heterocycles. The third-order valence-electron chi connectivity index (χ3n) is 3.11. The molecule has 1 fully saturated rings. The van der Waals surface area contributed by atoms with Crippen LogP contribution in [0.3, 0.4) is 0 Å². The first-order chi connectivity index (χ1) is 7.69. The maximum absolute atomic E-state index is 9.33. The van der Waals surface area contributed by atoms with Gasteiger partial charge in [-0.1, -0.05) is 11.6 Å². The number of nitrogens with one attached hydrogen (secondary N) is 1. The molecule has 1 saturated carbocycles. The molecule has 0 amide bonds. The van der Waals surface area contributed by atoms with Crippen molar-refractivity contribution in [1.82, 2.24) is 0 Å². The summed E-state index contributed by atoms with van der Waals surface area (Å²) in [5.74, 6) is 0. The first-order valence-electron chi connectivity index (χ1n) is 5.28. The molecule has 84 valence electrons. The van der Waals surface area contributed by atoms with E-state index in [1.165, 1.54) is 0 Å². The first-order valence-corrected chi connectivity index (χ1v) is 5.66. The molecule has 4 heteroatoms. The summed E-state index contributed by atoms with van der Waals surface area (Å²) in [5.41, 5.74) is 1.12. The van der Waals surface area contributed by atoms with Crippen LogP contribution in [-0.2, 0) is 0 Å². The van der Waals surface area contributed by atoms with Crippen molar-refractivity contribution in [1.29, 1.82) is 5.26 Å². The van der Waals surface area contributed by atoms with Gasteiger partial charge in [0.15, 0.2) is 0 Å². The lowest BCUT2D eigenvalue weighted by Gasteiger charge is -2.42. The van der Waals surface area contributed by atoms with Gasteiger partial charge in [0.2, 0.25) is 0 Å². The fraction of sp³-hybridized carbons (Fsp3) is 0.417. The highest BCUT2D eigenvalue weighted by atomic mass is 35.5.